The number of hydrogen-bond donors (Lipinski definition) is 3. The molecule has 2 aromatic rings. The highest BCUT2D eigenvalue weighted by Crippen LogP contribution is 2.23. The van der Waals surface area contributed by atoms with Gasteiger partial charge in [0, 0.05) is 12.6 Å². The Labute approximate surface area is 91.8 Å². The number of aromatic nitrogens is 2. The average Bonchev–Trinajstić information content (AvgIpc) is 2.76. The molecule has 2 heterocycles. The van der Waals surface area contributed by atoms with E-state index >= 15 is 0 Å². The summed E-state index contributed by atoms with van der Waals surface area (Å²) in [6.45, 7) is 4.96. The molecule has 0 fully saturated rings. The zero-order chi connectivity index (χ0) is 11.7. The molecule has 7 nitrogen and oxygen atoms in total. The van der Waals surface area contributed by atoms with Gasteiger partial charge in [-0.15, -0.1) is 0 Å². The van der Waals surface area contributed by atoms with Gasteiger partial charge in [0.05, 0.1) is 6.54 Å². The Kier molecular flexibility index (Phi) is 2.51. The number of anilines is 2. The van der Waals surface area contributed by atoms with Gasteiger partial charge in [0.25, 0.3) is 0 Å². The number of hydrogen-bond acceptors (Lipinski definition) is 5. The lowest BCUT2D eigenvalue weighted by Gasteiger charge is -2.03. The van der Waals surface area contributed by atoms with Gasteiger partial charge in [0.2, 0.25) is 11.4 Å². The third kappa shape index (κ3) is 1.40. The van der Waals surface area contributed by atoms with Gasteiger partial charge in [-0.05, 0) is 18.6 Å². The van der Waals surface area contributed by atoms with Gasteiger partial charge in [-0.2, -0.15) is 0 Å². The summed E-state index contributed by atoms with van der Waals surface area (Å²) >= 11 is 0. The lowest BCUT2D eigenvalue weighted by Crippen LogP contribution is -2.30. The van der Waals surface area contributed by atoms with Crippen molar-refractivity contribution in [3.8, 4) is 0 Å². The van der Waals surface area contributed by atoms with Crippen LogP contribution < -0.4 is 15.4 Å². The van der Waals surface area contributed by atoms with E-state index in [1.807, 2.05) is 13.8 Å². The fraction of sp³-hybridized carbons (Fsp3) is 0.444. The number of imidazole rings is 1. The molecule has 0 aliphatic rings. The fourth-order valence-electron chi connectivity index (χ4n) is 1.53. The molecule has 0 saturated heterocycles. The van der Waals surface area contributed by atoms with Gasteiger partial charge >= 0.3 is 11.7 Å². The first kappa shape index (κ1) is 10.5. The van der Waals surface area contributed by atoms with Crippen molar-refractivity contribution in [1.82, 2.24) is 4.73 Å². The van der Waals surface area contributed by atoms with E-state index in [9.17, 15) is 10.4 Å². The number of furan rings is 1. The zero-order valence-electron chi connectivity index (χ0n) is 9.15. The highest BCUT2D eigenvalue weighted by molar-refractivity contribution is 5.73. The zero-order valence-corrected chi connectivity index (χ0v) is 9.15. The van der Waals surface area contributed by atoms with Crippen molar-refractivity contribution in [3.05, 3.63) is 11.3 Å². The number of nitrogens with one attached hydrogen (secondary N) is 2. The van der Waals surface area contributed by atoms with E-state index in [1.54, 1.807) is 6.07 Å². The maximum absolute atomic E-state index is 11.7. The smallest absolute Gasteiger partial charge is 0.398 e. The van der Waals surface area contributed by atoms with E-state index in [0.717, 1.165) is 4.73 Å². The van der Waals surface area contributed by atoms with Crippen molar-refractivity contribution in [2.75, 3.05) is 23.7 Å². The summed E-state index contributed by atoms with van der Waals surface area (Å²) in [6, 6.07) is 1.58. The van der Waals surface area contributed by atoms with Crippen molar-refractivity contribution in [1.29, 1.82) is 0 Å². The predicted octanol–water partition coefficient (Wildman–Crippen LogP) is 0.969. The molecular weight excluding hydrogens is 212 g/mol. The first-order valence-corrected chi connectivity index (χ1v) is 5.13. The van der Waals surface area contributed by atoms with Crippen LogP contribution in [0.15, 0.2) is 10.5 Å². The predicted molar refractivity (Wildman–Crippen MR) is 58.7 cm³/mol. The summed E-state index contributed by atoms with van der Waals surface area (Å²) in [5, 5.41) is 27.1. The minimum Gasteiger partial charge on any atom is -0.737 e. The molecule has 3 N–H and O–H groups in total. The maximum atomic E-state index is 11.7. The first-order chi connectivity index (χ1) is 7.69. The van der Waals surface area contributed by atoms with Crippen LogP contribution in [0.4, 0.5) is 11.8 Å². The van der Waals surface area contributed by atoms with Crippen LogP contribution in [0.1, 0.15) is 13.8 Å². The molecule has 2 rings (SSSR count). The third-order valence-electron chi connectivity index (χ3n) is 2.19. The summed E-state index contributed by atoms with van der Waals surface area (Å²) < 4.78 is 6.58. The Morgan fingerprint density at radius 2 is 2.12 bits per heavy atom. The third-order valence-corrected chi connectivity index (χ3v) is 2.19. The molecular formula is C9H14N4O3. The van der Waals surface area contributed by atoms with E-state index in [-0.39, 0.29) is 11.7 Å². The van der Waals surface area contributed by atoms with E-state index in [0.29, 0.717) is 29.2 Å². The Bertz CT molecular complexity index is 465. The lowest BCUT2D eigenvalue weighted by atomic mass is 10.5. The molecule has 0 atom stereocenters. The van der Waals surface area contributed by atoms with Crippen molar-refractivity contribution in [2.24, 2.45) is 0 Å². The summed E-state index contributed by atoms with van der Waals surface area (Å²) in [5.41, 5.74) is 0.413. The second-order valence-corrected chi connectivity index (χ2v) is 3.29. The largest absolute Gasteiger partial charge is 0.737 e. The standard InChI is InChI=1S/C9H14N4O3/c1-3-10-7-5-6-8(16-7)13(15)9(11-4-2)12(6)14/h5,10-11,14H,3-4H2,1-2H3. The molecule has 88 valence electrons. The highest BCUT2D eigenvalue weighted by atomic mass is 16.5. The number of rotatable bonds is 4. The minimum absolute atomic E-state index is 0.0549. The lowest BCUT2D eigenvalue weighted by molar-refractivity contribution is -0.571. The molecule has 0 aromatic carbocycles. The van der Waals surface area contributed by atoms with E-state index < -0.39 is 0 Å². The summed E-state index contributed by atoms with van der Waals surface area (Å²) in [7, 11) is 0. The second-order valence-electron chi connectivity index (χ2n) is 3.29. The number of nitrogens with zero attached hydrogens (tertiary/aromatic N) is 2. The van der Waals surface area contributed by atoms with Crippen LogP contribution in [-0.2, 0) is 0 Å². The topological polar surface area (TPSA) is 89.3 Å². The molecule has 7 heteroatoms. The first-order valence-electron chi connectivity index (χ1n) is 5.13. The molecule has 0 unspecified atom stereocenters. The average molecular weight is 226 g/mol. The van der Waals surface area contributed by atoms with Crippen LogP contribution in [0.3, 0.4) is 0 Å². The molecule has 0 aliphatic heterocycles. The van der Waals surface area contributed by atoms with E-state index in [1.165, 1.54) is 0 Å². The molecule has 0 radical (unpaired) electrons. The van der Waals surface area contributed by atoms with Crippen LogP contribution in [0.25, 0.3) is 11.2 Å². The Morgan fingerprint density at radius 3 is 2.69 bits per heavy atom. The summed E-state index contributed by atoms with van der Waals surface area (Å²) in [6.07, 6.45) is 0. The second kappa shape index (κ2) is 3.84. The normalized spacial score (nSPS) is 10.9. The molecule has 0 saturated carbocycles. The molecule has 0 amide bonds. The molecule has 16 heavy (non-hydrogen) atoms. The van der Waals surface area contributed by atoms with E-state index in [2.05, 4.69) is 10.6 Å². The molecule has 0 aliphatic carbocycles. The van der Waals surface area contributed by atoms with Gasteiger partial charge in [-0.3, -0.25) is 5.32 Å². The van der Waals surface area contributed by atoms with Crippen LogP contribution in [0.5, 0.6) is 0 Å². The van der Waals surface area contributed by atoms with Crippen molar-refractivity contribution in [2.45, 2.75) is 13.8 Å². The SMILES string of the molecule is CCNc1cc2c(o1)[n+]([O-])c(NCC)n2O. The van der Waals surface area contributed by atoms with Crippen molar-refractivity contribution in [3.63, 3.8) is 0 Å². The van der Waals surface area contributed by atoms with Crippen molar-refractivity contribution >= 4 is 23.1 Å². The van der Waals surface area contributed by atoms with Gasteiger partial charge in [-0.25, -0.2) is 4.73 Å². The van der Waals surface area contributed by atoms with E-state index in [4.69, 9.17) is 4.42 Å². The van der Waals surface area contributed by atoms with Crippen LogP contribution in [0, 0.1) is 5.21 Å². The molecule has 0 spiro atoms. The summed E-state index contributed by atoms with van der Waals surface area (Å²) in [5.74, 6) is 0.516. The van der Waals surface area contributed by atoms with Gasteiger partial charge in [0.15, 0.2) is 0 Å². The maximum Gasteiger partial charge on any atom is 0.398 e. The van der Waals surface area contributed by atoms with Gasteiger partial charge in [-0.1, -0.05) is 0 Å². The van der Waals surface area contributed by atoms with Crippen molar-refractivity contribution < 1.29 is 14.4 Å². The Morgan fingerprint density at radius 1 is 1.44 bits per heavy atom. The number of fused-ring (bicyclic) bond motifs is 1. The monoisotopic (exact) mass is 226 g/mol. The summed E-state index contributed by atoms with van der Waals surface area (Å²) in [4.78, 5) is 0. The van der Waals surface area contributed by atoms with Crippen LogP contribution in [0.2, 0.25) is 0 Å². The van der Waals surface area contributed by atoms with Gasteiger partial charge in [0.1, 0.15) is 0 Å². The van der Waals surface area contributed by atoms with Crippen LogP contribution >= 0.6 is 0 Å². The molecule has 2 aromatic heterocycles. The fourth-order valence-corrected chi connectivity index (χ4v) is 1.53. The molecule has 0 bridgehead atoms. The minimum atomic E-state index is 0.0549. The van der Waals surface area contributed by atoms with Crippen LogP contribution in [-0.4, -0.2) is 23.0 Å². The highest BCUT2D eigenvalue weighted by Gasteiger charge is 2.23. The quantitative estimate of drug-likeness (QED) is 0.410. The Balaban J connectivity index is 2.51. The van der Waals surface area contributed by atoms with Gasteiger partial charge < -0.3 is 20.1 Å². The Hall–Kier alpha value is -2.05.